The zero-order valence-corrected chi connectivity index (χ0v) is 23.9. The van der Waals surface area contributed by atoms with E-state index in [9.17, 15) is 33.4 Å². The Balaban J connectivity index is 1.56. The van der Waals surface area contributed by atoms with E-state index in [0.717, 1.165) is 5.56 Å². The van der Waals surface area contributed by atoms with Gasteiger partial charge in [-0.2, -0.15) is 0 Å². The highest BCUT2D eigenvalue weighted by atomic mass is 35.5. The fourth-order valence-electron chi connectivity index (χ4n) is 5.03. The maximum Gasteiger partial charge on any atom is 0.267 e. The molecule has 3 atom stereocenters. The molecule has 3 amide bonds. The lowest BCUT2D eigenvalue weighted by Crippen LogP contribution is -2.56. The number of nitrogens with zero attached hydrogens (tertiary/aromatic N) is 1. The highest BCUT2D eigenvalue weighted by Crippen LogP contribution is 2.33. The molecule has 0 spiro atoms. The van der Waals surface area contributed by atoms with E-state index < -0.39 is 54.8 Å². The predicted octanol–water partition coefficient (Wildman–Crippen LogP) is 3.92. The lowest BCUT2D eigenvalue weighted by molar-refractivity contribution is -0.147. The summed E-state index contributed by atoms with van der Waals surface area (Å²) < 4.78 is 29.2. The molecule has 0 aliphatic carbocycles. The lowest BCUT2D eigenvalue weighted by Gasteiger charge is -2.30. The zero-order chi connectivity index (χ0) is 30.6. The first-order valence-corrected chi connectivity index (χ1v) is 13.8. The van der Waals surface area contributed by atoms with E-state index in [2.05, 4.69) is 10.6 Å². The normalized spacial score (nSPS) is 17.4. The summed E-state index contributed by atoms with van der Waals surface area (Å²) in [6.45, 7) is 2.23. The van der Waals surface area contributed by atoms with E-state index in [1.165, 1.54) is 25.1 Å². The summed E-state index contributed by atoms with van der Waals surface area (Å²) in [7, 11) is 0. The minimum Gasteiger partial charge on any atom is -0.508 e. The van der Waals surface area contributed by atoms with Crippen molar-refractivity contribution in [3.63, 3.8) is 0 Å². The van der Waals surface area contributed by atoms with Crippen LogP contribution in [-0.4, -0.2) is 63.5 Å². The second-order valence-corrected chi connectivity index (χ2v) is 10.9. The third-order valence-electron chi connectivity index (χ3n) is 7.45. The number of carbonyl (C=O) groups is 3. The number of rotatable bonds is 9. The molecule has 1 aliphatic heterocycles. The zero-order valence-electron chi connectivity index (χ0n) is 23.1. The van der Waals surface area contributed by atoms with Crippen LogP contribution in [0.2, 0.25) is 5.02 Å². The minimum absolute atomic E-state index is 0.00969. The maximum absolute atomic E-state index is 14.6. The lowest BCUT2D eigenvalue weighted by atomic mass is 9.98. The number of carbonyl (C=O) groups excluding carboxylic acids is 3. The molecule has 222 valence electrons. The summed E-state index contributed by atoms with van der Waals surface area (Å²) in [5.74, 6) is -6.08. The number of alkyl halides is 2. The molecule has 1 saturated heterocycles. The van der Waals surface area contributed by atoms with E-state index in [1.807, 2.05) is 0 Å². The van der Waals surface area contributed by atoms with Crippen LogP contribution in [0.4, 0.5) is 8.78 Å². The average Bonchev–Trinajstić information content (AvgIpc) is 3.28. The monoisotopic (exact) mass is 599 g/mol. The Labute approximate surface area is 247 Å². The van der Waals surface area contributed by atoms with Gasteiger partial charge in [0.05, 0.1) is 12.6 Å². The van der Waals surface area contributed by atoms with Gasteiger partial charge in [-0.25, -0.2) is 8.78 Å². The quantitative estimate of drug-likeness (QED) is 0.297. The second kappa shape index (κ2) is 12.9. The molecule has 4 rings (SSSR count). The van der Waals surface area contributed by atoms with Gasteiger partial charge in [0.2, 0.25) is 5.91 Å². The van der Waals surface area contributed by atoms with Gasteiger partial charge in [0.1, 0.15) is 11.8 Å². The van der Waals surface area contributed by atoms with Gasteiger partial charge >= 0.3 is 0 Å². The molecular formula is C31H32ClF2N3O5. The fraction of sp³-hybridized carbons (Fsp3) is 0.323. The Morgan fingerprint density at radius 3 is 2.43 bits per heavy atom. The predicted molar refractivity (Wildman–Crippen MR) is 153 cm³/mol. The molecule has 8 nitrogen and oxygen atoms in total. The first-order valence-electron chi connectivity index (χ1n) is 13.4. The van der Waals surface area contributed by atoms with Crippen LogP contribution in [-0.2, 0) is 22.6 Å². The number of amides is 3. The van der Waals surface area contributed by atoms with Gasteiger partial charge in [-0.05, 0) is 55.2 Å². The number of likely N-dealkylation sites (tertiary alicyclic amines) is 1. The first-order chi connectivity index (χ1) is 19.9. The van der Waals surface area contributed by atoms with E-state index in [0.29, 0.717) is 26.6 Å². The molecule has 0 bridgehead atoms. The summed E-state index contributed by atoms with van der Waals surface area (Å²) in [6, 6.07) is 15.5. The molecule has 3 unspecified atom stereocenters. The van der Waals surface area contributed by atoms with Crippen molar-refractivity contribution in [3.8, 4) is 5.75 Å². The molecule has 42 heavy (non-hydrogen) atoms. The van der Waals surface area contributed by atoms with Gasteiger partial charge in [0, 0.05) is 29.1 Å². The maximum atomic E-state index is 14.6. The second-order valence-electron chi connectivity index (χ2n) is 10.5. The van der Waals surface area contributed by atoms with Crippen molar-refractivity contribution in [2.24, 2.45) is 0 Å². The van der Waals surface area contributed by atoms with Gasteiger partial charge in [0.25, 0.3) is 17.7 Å². The van der Waals surface area contributed by atoms with Gasteiger partial charge in [-0.1, -0.05) is 60.1 Å². The highest BCUT2D eigenvalue weighted by Gasteiger charge is 2.51. The SMILES string of the molecule is Cc1cccc(Cl)c1CNC(=O)C1CC(F)(F)CN1C(=O)C(O)C(Cc1ccccc1)NC(=O)c1cccc(O)c1C. The minimum atomic E-state index is -3.37. The Morgan fingerprint density at radius 2 is 1.74 bits per heavy atom. The molecule has 11 heteroatoms. The summed E-state index contributed by atoms with van der Waals surface area (Å²) >= 11 is 6.23. The summed E-state index contributed by atoms with van der Waals surface area (Å²) in [4.78, 5) is 40.5. The third kappa shape index (κ3) is 7.06. The topological polar surface area (TPSA) is 119 Å². The molecule has 0 aromatic heterocycles. The number of halogens is 3. The average molecular weight is 600 g/mol. The van der Waals surface area contributed by atoms with Crippen LogP contribution in [0.5, 0.6) is 5.75 Å². The van der Waals surface area contributed by atoms with Gasteiger partial charge in [0.15, 0.2) is 6.10 Å². The number of aliphatic hydroxyl groups excluding tert-OH is 1. The largest absolute Gasteiger partial charge is 0.508 e. The third-order valence-corrected chi connectivity index (χ3v) is 7.80. The number of aromatic hydroxyl groups is 1. The smallest absolute Gasteiger partial charge is 0.267 e. The van der Waals surface area contributed by atoms with Crippen molar-refractivity contribution in [3.05, 3.63) is 99.6 Å². The number of aryl methyl sites for hydroxylation is 1. The summed E-state index contributed by atoms with van der Waals surface area (Å²) in [5.41, 5.74) is 2.48. The number of nitrogens with one attached hydrogen (secondary N) is 2. The van der Waals surface area contributed by atoms with Crippen molar-refractivity contribution in [1.82, 2.24) is 15.5 Å². The van der Waals surface area contributed by atoms with Crippen molar-refractivity contribution < 1.29 is 33.4 Å². The molecule has 4 N–H and O–H groups in total. The Kier molecular flexibility index (Phi) is 9.48. The molecule has 1 aliphatic rings. The number of phenols is 1. The van der Waals surface area contributed by atoms with Crippen LogP contribution in [0.25, 0.3) is 0 Å². The molecule has 0 radical (unpaired) electrons. The van der Waals surface area contributed by atoms with Crippen molar-refractivity contribution in [2.45, 2.75) is 57.3 Å². The summed E-state index contributed by atoms with van der Waals surface area (Å²) in [5, 5.41) is 26.9. The van der Waals surface area contributed by atoms with Crippen LogP contribution >= 0.6 is 11.6 Å². The number of phenolic OH excluding ortho intramolecular Hbond substituents is 1. The number of hydrogen-bond donors (Lipinski definition) is 4. The molecule has 1 heterocycles. The molecule has 0 saturated carbocycles. The van der Waals surface area contributed by atoms with Crippen molar-refractivity contribution in [1.29, 1.82) is 0 Å². The fourth-order valence-corrected chi connectivity index (χ4v) is 5.32. The number of hydrogen-bond acceptors (Lipinski definition) is 5. The van der Waals surface area contributed by atoms with Gasteiger partial charge in [-0.15, -0.1) is 0 Å². The Morgan fingerprint density at radius 1 is 1.05 bits per heavy atom. The van der Waals surface area contributed by atoms with Crippen LogP contribution in [0.15, 0.2) is 66.7 Å². The first kappa shape index (κ1) is 30.9. The summed E-state index contributed by atoms with van der Waals surface area (Å²) in [6.07, 6.45) is -2.89. The van der Waals surface area contributed by atoms with Crippen LogP contribution in [0.3, 0.4) is 0 Å². The van der Waals surface area contributed by atoms with E-state index in [-0.39, 0.29) is 24.3 Å². The van der Waals surface area contributed by atoms with E-state index in [4.69, 9.17) is 11.6 Å². The van der Waals surface area contributed by atoms with Crippen molar-refractivity contribution in [2.75, 3.05) is 6.54 Å². The highest BCUT2D eigenvalue weighted by molar-refractivity contribution is 6.31. The van der Waals surface area contributed by atoms with E-state index in [1.54, 1.807) is 55.5 Å². The van der Waals surface area contributed by atoms with Crippen molar-refractivity contribution >= 4 is 29.3 Å². The standard InChI is InChI=1S/C31H32ClF2N3O5/c1-18-8-6-12-23(32)22(18)16-35-29(41)25-15-31(33,34)17-37(25)30(42)27(39)24(14-20-9-4-3-5-10-20)36-28(40)21-11-7-13-26(38)19(21)2/h3-13,24-25,27,38-39H,14-17H2,1-2H3,(H,35,41)(H,36,40). The molecule has 3 aromatic carbocycles. The van der Waals surface area contributed by atoms with E-state index >= 15 is 0 Å². The number of benzene rings is 3. The van der Waals surface area contributed by atoms with Crippen LogP contribution in [0.1, 0.15) is 39.0 Å². The number of aliphatic hydroxyl groups is 1. The molecular weight excluding hydrogens is 568 g/mol. The van der Waals surface area contributed by atoms with Crippen LogP contribution < -0.4 is 10.6 Å². The Bertz CT molecular complexity index is 1450. The van der Waals surface area contributed by atoms with Gasteiger partial charge in [-0.3, -0.25) is 14.4 Å². The van der Waals surface area contributed by atoms with Gasteiger partial charge < -0.3 is 25.7 Å². The Hall–Kier alpha value is -4.02. The van der Waals surface area contributed by atoms with Crippen LogP contribution in [0, 0.1) is 13.8 Å². The molecule has 3 aromatic rings. The molecule has 1 fully saturated rings.